The van der Waals surface area contributed by atoms with Crippen LogP contribution >= 0.6 is 0 Å². The van der Waals surface area contributed by atoms with Crippen molar-refractivity contribution in [2.75, 3.05) is 44.7 Å². The first-order valence-electron chi connectivity index (χ1n) is 13.4. The van der Waals surface area contributed by atoms with Crippen LogP contribution in [0.15, 0.2) is 55.0 Å². The van der Waals surface area contributed by atoms with Crippen LogP contribution in [0.2, 0.25) is 0 Å². The number of anilines is 1. The Morgan fingerprint density at radius 2 is 1.82 bits per heavy atom. The smallest absolute Gasteiger partial charge is 0.322 e. The second-order valence-corrected chi connectivity index (χ2v) is 9.61. The van der Waals surface area contributed by atoms with Crippen LogP contribution in [0, 0.1) is 0 Å². The van der Waals surface area contributed by atoms with Crippen molar-refractivity contribution < 1.29 is 14.3 Å². The molecule has 0 saturated carbocycles. The van der Waals surface area contributed by atoms with Crippen molar-refractivity contribution in [2.45, 2.75) is 13.8 Å². The topological polar surface area (TPSA) is 132 Å². The van der Waals surface area contributed by atoms with E-state index in [1.165, 1.54) is 0 Å². The molecule has 1 aliphatic heterocycles. The van der Waals surface area contributed by atoms with Gasteiger partial charge in [0.2, 0.25) is 0 Å². The van der Waals surface area contributed by atoms with Gasteiger partial charge in [-0.3, -0.25) is 14.9 Å². The molecule has 204 valence electrons. The van der Waals surface area contributed by atoms with Gasteiger partial charge in [-0.15, -0.1) is 0 Å². The van der Waals surface area contributed by atoms with E-state index in [4.69, 9.17) is 4.74 Å². The average Bonchev–Trinajstić information content (AvgIpc) is 3.62. The van der Waals surface area contributed by atoms with E-state index >= 15 is 0 Å². The number of carbonyl (C=O) groups is 2. The number of aromatic amines is 2. The molecule has 11 heteroatoms. The normalized spacial score (nSPS) is 13.6. The van der Waals surface area contributed by atoms with E-state index in [1.807, 2.05) is 55.1 Å². The Balaban J connectivity index is 1.32. The van der Waals surface area contributed by atoms with Crippen molar-refractivity contribution in [1.29, 1.82) is 0 Å². The van der Waals surface area contributed by atoms with Gasteiger partial charge in [0.05, 0.1) is 36.5 Å². The van der Waals surface area contributed by atoms with Gasteiger partial charge in [-0.2, -0.15) is 5.10 Å². The molecule has 11 nitrogen and oxygen atoms in total. The third-order valence-corrected chi connectivity index (χ3v) is 7.25. The summed E-state index contributed by atoms with van der Waals surface area (Å²) in [6.45, 7) is 7.45. The number of morpholine rings is 1. The van der Waals surface area contributed by atoms with Crippen LogP contribution in [0.1, 0.15) is 24.2 Å². The van der Waals surface area contributed by atoms with Crippen molar-refractivity contribution in [3.63, 3.8) is 0 Å². The summed E-state index contributed by atoms with van der Waals surface area (Å²) < 4.78 is 5.33. The van der Waals surface area contributed by atoms with E-state index in [0.717, 1.165) is 38.8 Å². The lowest BCUT2D eigenvalue weighted by Gasteiger charge is -2.26. The number of hydrogen-bond donors (Lipinski definition) is 3. The number of rotatable bonds is 6. The second-order valence-electron chi connectivity index (χ2n) is 9.61. The number of ether oxygens (including phenoxy) is 1. The summed E-state index contributed by atoms with van der Waals surface area (Å²) in [4.78, 5) is 41.7. The summed E-state index contributed by atoms with van der Waals surface area (Å²) in [6, 6.07) is 11.4. The molecule has 1 aromatic carbocycles. The lowest BCUT2D eigenvalue weighted by Crippen LogP contribution is -2.43. The van der Waals surface area contributed by atoms with E-state index in [9.17, 15) is 9.59 Å². The van der Waals surface area contributed by atoms with Crippen molar-refractivity contribution in [3.8, 4) is 22.5 Å². The highest BCUT2D eigenvalue weighted by atomic mass is 16.5. The first-order chi connectivity index (χ1) is 19.6. The Bertz CT molecular complexity index is 1700. The number of nitrogens with zero attached hydrogens (tertiary/aromatic N) is 5. The van der Waals surface area contributed by atoms with Crippen LogP contribution < -0.4 is 5.32 Å². The minimum atomic E-state index is -0.175. The highest BCUT2D eigenvalue weighted by Crippen LogP contribution is 2.32. The lowest BCUT2D eigenvalue weighted by atomic mass is 10.1. The summed E-state index contributed by atoms with van der Waals surface area (Å²) >= 11 is 0. The van der Waals surface area contributed by atoms with E-state index in [2.05, 4.69) is 30.5 Å². The van der Waals surface area contributed by atoms with Gasteiger partial charge in [0.1, 0.15) is 0 Å². The third kappa shape index (κ3) is 4.75. The minimum absolute atomic E-state index is 0.00710. The van der Waals surface area contributed by atoms with Gasteiger partial charge in [0.15, 0.2) is 5.65 Å². The van der Waals surface area contributed by atoms with Gasteiger partial charge in [0, 0.05) is 71.6 Å². The fraction of sp³-hybridized carbons (Fsp3) is 0.276. The maximum atomic E-state index is 13.2. The van der Waals surface area contributed by atoms with Gasteiger partial charge in [-0.05, 0) is 44.2 Å². The van der Waals surface area contributed by atoms with Crippen LogP contribution in [0.3, 0.4) is 0 Å². The zero-order chi connectivity index (χ0) is 27.6. The van der Waals surface area contributed by atoms with Crippen LogP contribution in [-0.2, 0) is 4.74 Å². The molecule has 4 aromatic heterocycles. The molecule has 3 N–H and O–H groups in total. The van der Waals surface area contributed by atoms with E-state index in [1.54, 1.807) is 23.5 Å². The zero-order valence-electron chi connectivity index (χ0n) is 22.4. The monoisotopic (exact) mass is 538 g/mol. The fourth-order valence-electron chi connectivity index (χ4n) is 5.06. The molecular formula is C29H30N8O3. The van der Waals surface area contributed by atoms with Gasteiger partial charge in [0.25, 0.3) is 5.91 Å². The molecule has 0 bridgehead atoms. The first-order valence-corrected chi connectivity index (χ1v) is 13.4. The van der Waals surface area contributed by atoms with Crippen molar-refractivity contribution in [3.05, 3.63) is 60.6 Å². The molecule has 0 atom stereocenters. The highest BCUT2D eigenvalue weighted by Gasteiger charge is 2.20. The van der Waals surface area contributed by atoms with Crippen LogP contribution in [-0.4, -0.2) is 86.3 Å². The molecule has 0 radical (unpaired) electrons. The van der Waals surface area contributed by atoms with Crippen molar-refractivity contribution >= 4 is 39.6 Å². The molecule has 0 unspecified atom stereocenters. The maximum Gasteiger partial charge on any atom is 0.322 e. The summed E-state index contributed by atoms with van der Waals surface area (Å²) in [5.41, 5.74) is 5.92. The molecule has 6 rings (SSSR count). The Kier molecular flexibility index (Phi) is 6.87. The molecule has 3 amide bonds. The van der Waals surface area contributed by atoms with Crippen molar-refractivity contribution in [2.24, 2.45) is 0 Å². The van der Waals surface area contributed by atoms with Gasteiger partial charge in [-0.25, -0.2) is 9.78 Å². The minimum Gasteiger partial charge on any atom is -0.378 e. The molecule has 5 aromatic rings. The van der Waals surface area contributed by atoms with Crippen LogP contribution in [0.25, 0.3) is 44.5 Å². The maximum absolute atomic E-state index is 13.2. The number of benzene rings is 1. The van der Waals surface area contributed by atoms with E-state index in [-0.39, 0.29) is 11.9 Å². The number of urea groups is 1. The summed E-state index contributed by atoms with van der Waals surface area (Å²) in [7, 11) is 0. The van der Waals surface area contributed by atoms with Gasteiger partial charge < -0.3 is 24.8 Å². The molecule has 0 aliphatic carbocycles. The predicted octanol–water partition coefficient (Wildman–Crippen LogP) is 4.51. The molecule has 1 saturated heterocycles. The number of pyridine rings is 2. The molecule has 0 spiro atoms. The standard InChI is InChI=1S/C29H30N8O3/c1-3-36(4-2)28(38)21-6-5-7-24-22(21)14-25(33-24)26-23-13-19(16-31-27(23)35-34-26)18-12-20(17-30-15-18)32-29(39)37-8-10-40-11-9-37/h5-7,12-17,33H,3-4,8-11H2,1-2H3,(H,32,39)(H,31,34,35). The van der Waals surface area contributed by atoms with Crippen LogP contribution in [0.5, 0.6) is 0 Å². The molecule has 1 fully saturated rings. The quantitative estimate of drug-likeness (QED) is 0.291. The summed E-state index contributed by atoms with van der Waals surface area (Å²) in [5, 5.41) is 12.1. The highest BCUT2D eigenvalue weighted by molar-refractivity contribution is 6.08. The Morgan fingerprint density at radius 3 is 2.62 bits per heavy atom. The number of aromatic nitrogens is 5. The number of fused-ring (bicyclic) bond motifs is 2. The number of hydrogen-bond acceptors (Lipinski definition) is 6. The molecule has 1 aliphatic rings. The van der Waals surface area contributed by atoms with Gasteiger partial charge in [-0.1, -0.05) is 6.07 Å². The number of amides is 3. The van der Waals surface area contributed by atoms with E-state index in [0.29, 0.717) is 56.3 Å². The lowest BCUT2D eigenvalue weighted by molar-refractivity contribution is 0.0564. The largest absolute Gasteiger partial charge is 0.378 e. The summed E-state index contributed by atoms with van der Waals surface area (Å²) in [5.74, 6) is 0.00710. The average molecular weight is 539 g/mol. The third-order valence-electron chi connectivity index (χ3n) is 7.25. The fourth-order valence-corrected chi connectivity index (χ4v) is 5.06. The Hall–Kier alpha value is -4.77. The van der Waals surface area contributed by atoms with Gasteiger partial charge >= 0.3 is 6.03 Å². The second kappa shape index (κ2) is 10.8. The number of nitrogens with one attached hydrogen (secondary N) is 3. The van der Waals surface area contributed by atoms with Crippen LogP contribution in [0.4, 0.5) is 10.5 Å². The molecule has 40 heavy (non-hydrogen) atoms. The predicted molar refractivity (Wildman–Crippen MR) is 153 cm³/mol. The van der Waals surface area contributed by atoms with Crippen molar-refractivity contribution in [1.82, 2.24) is 34.9 Å². The Morgan fingerprint density at radius 1 is 1.02 bits per heavy atom. The molecule has 5 heterocycles. The Labute approximate surface area is 230 Å². The number of carbonyl (C=O) groups excluding carboxylic acids is 2. The summed E-state index contributed by atoms with van der Waals surface area (Å²) in [6.07, 6.45) is 5.10. The number of H-pyrrole nitrogens is 2. The van der Waals surface area contributed by atoms with E-state index < -0.39 is 0 Å². The first kappa shape index (κ1) is 25.5. The molecular weight excluding hydrogens is 508 g/mol. The SMILES string of the molecule is CCN(CC)C(=O)c1cccc2[nH]c(-c3[nH]nc4ncc(-c5cncc(NC(=O)N6CCOCC6)c5)cc34)cc12. The zero-order valence-corrected chi connectivity index (χ0v) is 22.4.